The number of rotatable bonds is 5. The van der Waals surface area contributed by atoms with Gasteiger partial charge in [-0.3, -0.25) is 4.79 Å². The van der Waals surface area contributed by atoms with Gasteiger partial charge in [0, 0.05) is 24.3 Å². The van der Waals surface area contributed by atoms with Gasteiger partial charge in [-0.2, -0.15) is 4.31 Å². The van der Waals surface area contributed by atoms with E-state index in [2.05, 4.69) is 5.32 Å². The van der Waals surface area contributed by atoms with E-state index in [0.717, 1.165) is 23.2 Å². The zero-order chi connectivity index (χ0) is 20.3. The number of amides is 1. The van der Waals surface area contributed by atoms with Crippen molar-refractivity contribution in [1.29, 1.82) is 0 Å². The molecule has 150 valence electrons. The lowest BCUT2D eigenvalue weighted by Gasteiger charge is -2.26. The number of carbonyl (C=O) groups is 1. The van der Waals surface area contributed by atoms with E-state index in [9.17, 15) is 13.2 Å². The maximum atomic E-state index is 13.0. The first-order chi connectivity index (χ1) is 13.3. The van der Waals surface area contributed by atoms with Crippen molar-refractivity contribution in [3.8, 4) is 0 Å². The molecular formula is C21H26N2O4S. The van der Waals surface area contributed by atoms with Crippen LogP contribution in [0.5, 0.6) is 0 Å². The van der Waals surface area contributed by atoms with Gasteiger partial charge in [-0.1, -0.05) is 31.2 Å². The number of aryl methyl sites for hydroxylation is 3. The van der Waals surface area contributed by atoms with E-state index in [1.807, 2.05) is 32.0 Å². The summed E-state index contributed by atoms with van der Waals surface area (Å²) in [5.41, 5.74) is 3.74. The van der Waals surface area contributed by atoms with Crippen LogP contribution < -0.4 is 5.32 Å². The molecule has 0 radical (unpaired) electrons. The van der Waals surface area contributed by atoms with Gasteiger partial charge in [0.25, 0.3) is 5.91 Å². The minimum atomic E-state index is -3.67. The lowest BCUT2D eigenvalue weighted by atomic mass is 10.1. The number of benzene rings is 2. The van der Waals surface area contributed by atoms with Gasteiger partial charge in [0.2, 0.25) is 10.0 Å². The molecule has 1 N–H and O–H groups in total. The Balaban J connectivity index is 1.92. The first-order valence-electron chi connectivity index (χ1n) is 9.43. The lowest BCUT2D eigenvalue weighted by Crippen LogP contribution is -2.40. The molecule has 2 aromatic carbocycles. The molecule has 6 nitrogen and oxygen atoms in total. The quantitative estimate of drug-likeness (QED) is 0.834. The lowest BCUT2D eigenvalue weighted by molar-refractivity contribution is 0.0730. The molecule has 3 rings (SSSR count). The summed E-state index contributed by atoms with van der Waals surface area (Å²) in [6, 6.07) is 10.7. The summed E-state index contributed by atoms with van der Waals surface area (Å²) < 4.78 is 32.7. The van der Waals surface area contributed by atoms with E-state index in [4.69, 9.17) is 4.74 Å². The van der Waals surface area contributed by atoms with Crippen molar-refractivity contribution >= 4 is 21.6 Å². The molecular weight excluding hydrogens is 376 g/mol. The molecule has 0 aromatic heterocycles. The number of hydrogen-bond donors (Lipinski definition) is 1. The van der Waals surface area contributed by atoms with Crippen LogP contribution >= 0.6 is 0 Å². The molecule has 0 unspecified atom stereocenters. The summed E-state index contributed by atoms with van der Waals surface area (Å²) in [6.07, 6.45) is 0.794. The van der Waals surface area contributed by atoms with Gasteiger partial charge >= 0.3 is 0 Å². The Labute approximate surface area is 166 Å². The SMILES string of the molecule is CCc1cccc(C)c1NC(=O)c1ccc(C)c(S(=O)(=O)N2CCOCC2)c1. The Morgan fingerprint density at radius 2 is 1.82 bits per heavy atom. The van der Waals surface area contributed by atoms with Crippen molar-refractivity contribution in [3.63, 3.8) is 0 Å². The molecule has 28 heavy (non-hydrogen) atoms. The van der Waals surface area contributed by atoms with E-state index >= 15 is 0 Å². The van der Waals surface area contributed by atoms with E-state index in [-0.39, 0.29) is 10.8 Å². The standard InChI is InChI=1S/C21H26N2O4S/c1-4-17-7-5-6-16(3)20(17)22-21(24)18-9-8-15(2)19(14-18)28(25,26)23-10-12-27-13-11-23/h5-9,14H,4,10-13H2,1-3H3,(H,22,24). The fraction of sp³-hybridized carbons (Fsp3) is 0.381. The number of ether oxygens (including phenoxy) is 1. The monoisotopic (exact) mass is 402 g/mol. The predicted octanol–water partition coefficient (Wildman–Crippen LogP) is 3.14. The summed E-state index contributed by atoms with van der Waals surface area (Å²) in [7, 11) is -3.67. The number of para-hydroxylation sites is 1. The fourth-order valence-corrected chi connectivity index (χ4v) is 4.99. The first kappa shape index (κ1) is 20.5. The second-order valence-electron chi connectivity index (χ2n) is 6.91. The predicted molar refractivity (Wildman–Crippen MR) is 109 cm³/mol. The van der Waals surface area contributed by atoms with Gasteiger partial charge in [0.1, 0.15) is 0 Å². The molecule has 0 bridgehead atoms. The highest BCUT2D eigenvalue weighted by Gasteiger charge is 2.28. The second-order valence-corrected chi connectivity index (χ2v) is 8.82. The maximum absolute atomic E-state index is 13.0. The van der Waals surface area contributed by atoms with Crippen LogP contribution in [0.25, 0.3) is 0 Å². The van der Waals surface area contributed by atoms with Crippen molar-refractivity contribution in [2.24, 2.45) is 0 Å². The van der Waals surface area contributed by atoms with Crippen molar-refractivity contribution in [3.05, 3.63) is 58.7 Å². The summed E-state index contributed by atoms with van der Waals surface area (Å²) >= 11 is 0. The molecule has 0 atom stereocenters. The van der Waals surface area contributed by atoms with Gasteiger partial charge in [0.15, 0.2) is 0 Å². The van der Waals surface area contributed by atoms with Crippen LogP contribution in [0.2, 0.25) is 0 Å². The third-order valence-corrected chi connectivity index (χ3v) is 7.06. The molecule has 0 spiro atoms. The van der Waals surface area contributed by atoms with Crippen LogP contribution in [0.15, 0.2) is 41.3 Å². The Hall–Kier alpha value is -2.22. The highest BCUT2D eigenvalue weighted by Crippen LogP contribution is 2.25. The minimum Gasteiger partial charge on any atom is -0.379 e. The minimum absolute atomic E-state index is 0.169. The van der Waals surface area contributed by atoms with Gasteiger partial charge in [-0.25, -0.2) is 8.42 Å². The fourth-order valence-electron chi connectivity index (χ4n) is 3.33. The number of carbonyl (C=O) groups excluding carboxylic acids is 1. The van der Waals surface area contributed by atoms with Crippen LogP contribution in [-0.2, 0) is 21.2 Å². The number of nitrogens with zero attached hydrogens (tertiary/aromatic N) is 1. The van der Waals surface area contributed by atoms with Crippen molar-refractivity contribution in [2.75, 3.05) is 31.6 Å². The van der Waals surface area contributed by atoms with Crippen LogP contribution in [0.3, 0.4) is 0 Å². The van der Waals surface area contributed by atoms with Crippen LogP contribution in [0.1, 0.15) is 34.0 Å². The first-order valence-corrected chi connectivity index (χ1v) is 10.9. The van der Waals surface area contributed by atoms with Crippen LogP contribution in [0, 0.1) is 13.8 Å². The number of morpholine rings is 1. The molecule has 2 aromatic rings. The van der Waals surface area contributed by atoms with Crippen molar-refractivity contribution in [1.82, 2.24) is 4.31 Å². The highest BCUT2D eigenvalue weighted by molar-refractivity contribution is 7.89. The number of nitrogens with one attached hydrogen (secondary N) is 1. The average molecular weight is 403 g/mol. The number of anilines is 1. The molecule has 7 heteroatoms. The Morgan fingerprint density at radius 3 is 2.50 bits per heavy atom. The molecule has 1 aliphatic rings. The third kappa shape index (κ3) is 4.11. The van der Waals surface area contributed by atoms with Gasteiger partial charge < -0.3 is 10.1 Å². The summed E-state index contributed by atoms with van der Waals surface area (Å²) in [6.45, 7) is 7.12. The highest BCUT2D eigenvalue weighted by atomic mass is 32.2. The van der Waals surface area contributed by atoms with E-state index in [1.165, 1.54) is 10.4 Å². The average Bonchev–Trinajstić information content (AvgIpc) is 2.70. The zero-order valence-corrected chi connectivity index (χ0v) is 17.3. The van der Waals surface area contributed by atoms with Crippen molar-refractivity contribution in [2.45, 2.75) is 32.1 Å². The van der Waals surface area contributed by atoms with Crippen LogP contribution in [0.4, 0.5) is 5.69 Å². The van der Waals surface area contributed by atoms with E-state index < -0.39 is 10.0 Å². The summed E-state index contributed by atoms with van der Waals surface area (Å²) in [4.78, 5) is 13.0. The normalized spacial score (nSPS) is 15.4. The molecule has 1 saturated heterocycles. The topological polar surface area (TPSA) is 75.7 Å². The Morgan fingerprint density at radius 1 is 1.11 bits per heavy atom. The number of hydrogen-bond acceptors (Lipinski definition) is 4. The third-order valence-electron chi connectivity index (χ3n) is 5.02. The molecule has 1 amide bonds. The summed E-state index contributed by atoms with van der Waals surface area (Å²) in [5.74, 6) is -0.317. The van der Waals surface area contributed by atoms with Gasteiger partial charge in [-0.15, -0.1) is 0 Å². The Bertz CT molecular complexity index is 980. The van der Waals surface area contributed by atoms with E-state index in [0.29, 0.717) is 37.4 Å². The number of sulfonamides is 1. The molecule has 1 heterocycles. The second kappa shape index (κ2) is 8.43. The molecule has 0 aliphatic carbocycles. The van der Waals surface area contributed by atoms with Crippen LogP contribution in [-0.4, -0.2) is 44.9 Å². The molecule has 0 saturated carbocycles. The Kier molecular flexibility index (Phi) is 6.17. The van der Waals surface area contributed by atoms with Crippen molar-refractivity contribution < 1.29 is 17.9 Å². The van der Waals surface area contributed by atoms with Gasteiger partial charge in [0.05, 0.1) is 18.1 Å². The van der Waals surface area contributed by atoms with Gasteiger partial charge in [-0.05, 0) is 49.1 Å². The largest absolute Gasteiger partial charge is 0.379 e. The molecule has 1 fully saturated rings. The molecule has 1 aliphatic heterocycles. The zero-order valence-electron chi connectivity index (χ0n) is 16.5. The maximum Gasteiger partial charge on any atom is 0.255 e. The smallest absolute Gasteiger partial charge is 0.255 e. The van der Waals surface area contributed by atoms with E-state index in [1.54, 1.807) is 19.1 Å². The summed E-state index contributed by atoms with van der Waals surface area (Å²) in [5, 5.41) is 2.96.